The molecule has 0 amide bonds. The molecule has 0 aliphatic heterocycles. The summed E-state index contributed by atoms with van der Waals surface area (Å²) in [6.45, 7) is 2.09. The molecule has 2 aromatic rings. The SMILES string of the molecule is CCCCC(Cc1ccccc1-[n+]1ccccc1)C(=O)O. The van der Waals surface area contributed by atoms with Crippen molar-refractivity contribution in [1.82, 2.24) is 0 Å². The van der Waals surface area contributed by atoms with E-state index in [2.05, 4.69) is 6.92 Å². The van der Waals surface area contributed by atoms with Gasteiger partial charge in [0.2, 0.25) is 5.69 Å². The van der Waals surface area contributed by atoms with E-state index in [-0.39, 0.29) is 5.92 Å². The normalized spacial score (nSPS) is 12.0. The number of pyridine rings is 1. The van der Waals surface area contributed by atoms with Crippen molar-refractivity contribution in [2.24, 2.45) is 5.92 Å². The van der Waals surface area contributed by atoms with Crippen LogP contribution in [0.25, 0.3) is 5.69 Å². The van der Waals surface area contributed by atoms with Crippen LogP contribution in [-0.4, -0.2) is 11.1 Å². The van der Waals surface area contributed by atoms with Crippen LogP contribution in [-0.2, 0) is 11.2 Å². The Bertz CT molecular complexity index is 581. The van der Waals surface area contributed by atoms with Gasteiger partial charge < -0.3 is 5.11 Å². The van der Waals surface area contributed by atoms with E-state index in [0.29, 0.717) is 6.42 Å². The molecule has 3 nitrogen and oxygen atoms in total. The summed E-state index contributed by atoms with van der Waals surface area (Å²) >= 11 is 0. The Morgan fingerprint density at radius 1 is 1.14 bits per heavy atom. The van der Waals surface area contributed by atoms with Crippen LogP contribution in [0.4, 0.5) is 0 Å². The minimum Gasteiger partial charge on any atom is -0.481 e. The largest absolute Gasteiger partial charge is 0.481 e. The molecule has 1 aromatic heterocycles. The first kappa shape index (κ1) is 15.2. The number of carbonyl (C=O) groups is 1. The summed E-state index contributed by atoms with van der Waals surface area (Å²) in [6.07, 6.45) is 7.27. The van der Waals surface area contributed by atoms with Gasteiger partial charge in [-0.1, -0.05) is 44.0 Å². The first-order valence-electron chi connectivity index (χ1n) is 7.49. The number of carboxylic acids is 1. The van der Waals surface area contributed by atoms with Crippen LogP contribution < -0.4 is 4.57 Å². The molecular weight excluding hydrogens is 262 g/mol. The van der Waals surface area contributed by atoms with Crippen LogP contribution in [0.1, 0.15) is 31.7 Å². The van der Waals surface area contributed by atoms with E-state index in [9.17, 15) is 9.90 Å². The monoisotopic (exact) mass is 284 g/mol. The molecule has 1 unspecified atom stereocenters. The molecule has 1 heterocycles. The summed E-state index contributed by atoms with van der Waals surface area (Å²) in [5.74, 6) is -1.01. The molecule has 0 aliphatic carbocycles. The quantitative estimate of drug-likeness (QED) is 0.792. The third-order valence-corrected chi connectivity index (χ3v) is 3.71. The van der Waals surface area contributed by atoms with Gasteiger partial charge in [-0.05, 0) is 12.8 Å². The van der Waals surface area contributed by atoms with E-state index >= 15 is 0 Å². The fraction of sp³-hybridized carbons (Fsp3) is 0.333. The van der Waals surface area contributed by atoms with Gasteiger partial charge in [0.15, 0.2) is 12.4 Å². The van der Waals surface area contributed by atoms with E-state index in [4.69, 9.17) is 0 Å². The number of rotatable bonds is 7. The summed E-state index contributed by atoms with van der Waals surface area (Å²) < 4.78 is 2.04. The Balaban J connectivity index is 2.25. The van der Waals surface area contributed by atoms with E-state index in [1.807, 2.05) is 59.4 Å². The molecule has 1 atom stereocenters. The summed E-state index contributed by atoms with van der Waals surface area (Å²) in [5, 5.41) is 9.42. The van der Waals surface area contributed by atoms with Crippen LogP contribution in [0, 0.1) is 5.92 Å². The molecule has 0 saturated carbocycles. The van der Waals surface area contributed by atoms with Crippen LogP contribution in [0.5, 0.6) is 0 Å². The van der Waals surface area contributed by atoms with Crippen LogP contribution in [0.3, 0.4) is 0 Å². The second kappa shape index (κ2) is 7.58. The lowest BCUT2D eigenvalue weighted by molar-refractivity contribution is -0.596. The summed E-state index contributed by atoms with van der Waals surface area (Å²) in [4.78, 5) is 11.5. The molecular formula is C18H22NO2+. The van der Waals surface area contributed by atoms with Gasteiger partial charge in [-0.25, -0.2) is 0 Å². The van der Waals surface area contributed by atoms with E-state index in [1.54, 1.807) is 0 Å². The van der Waals surface area contributed by atoms with Crippen molar-refractivity contribution in [3.05, 3.63) is 60.4 Å². The Morgan fingerprint density at radius 3 is 2.52 bits per heavy atom. The van der Waals surface area contributed by atoms with Crippen molar-refractivity contribution in [2.45, 2.75) is 32.6 Å². The molecule has 1 aromatic carbocycles. The Labute approximate surface area is 125 Å². The number of nitrogens with zero attached hydrogens (tertiary/aromatic N) is 1. The second-order valence-corrected chi connectivity index (χ2v) is 5.29. The fourth-order valence-electron chi connectivity index (χ4n) is 2.52. The number of hydrogen-bond acceptors (Lipinski definition) is 1. The predicted octanol–water partition coefficient (Wildman–Crippen LogP) is 3.40. The summed E-state index contributed by atoms with van der Waals surface area (Å²) in [6, 6.07) is 13.9. The highest BCUT2D eigenvalue weighted by molar-refractivity contribution is 5.70. The van der Waals surface area contributed by atoms with Crippen molar-refractivity contribution in [2.75, 3.05) is 0 Å². The maximum Gasteiger partial charge on any atom is 0.306 e. The van der Waals surface area contributed by atoms with Gasteiger partial charge in [0.1, 0.15) is 0 Å². The first-order chi connectivity index (χ1) is 10.2. The van der Waals surface area contributed by atoms with E-state index < -0.39 is 5.97 Å². The summed E-state index contributed by atoms with van der Waals surface area (Å²) in [7, 11) is 0. The highest BCUT2D eigenvalue weighted by Gasteiger charge is 2.21. The highest BCUT2D eigenvalue weighted by atomic mass is 16.4. The van der Waals surface area contributed by atoms with Crippen molar-refractivity contribution in [1.29, 1.82) is 0 Å². The highest BCUT2D eigenvalue weighted by Crippen LogP contribution is 2.19. The maximum absolute atomic E-state index is 11.5. The van der Waals surface area contributed by atoms with Crippen molar-refractivity contribution in [3.8, 4) is 5.69 Å². The molecule has 110 valence electrons. The minimum absolute atomic E-state index is 0.310. The molecule has 1 N–H and O–H groups in total. The minimum atomic E-state index is -0.698. The van der Waals surface area contributed by atoms with Crippen LogP contribution >= 0.6 is 0 Å². The standard InChI is InChI=1S/C18H21NO2/c1-2-3-9-16(18(20)21)14-15-10-5-6-11-17(15)19-12-7-4-8-13-19/h4-8,10-13,16H,2-3,9,14H2,1H3/p+1. The topological polar surface area (TPSA) is 41.2 Å². The lowest BCUT2D eigenvalue weighted by Gasteiger charge is -2.12. The third kappa shape index (κ3) is 4.15. The molecule has 0 fully saturated rings. The Morgan fingerprint density at radius 2 is 1.86 bits per heavy atom. The summed E-state index contributed by atoms with van der Waals surface area (Å²) in [5.41, 5.74) is 2.14. The van der Waals surface area contributed by atoms with Gasteiger partial charge in [-0.3, -0.25) is 4.79 Å². The van der Waals surface area contributed by atoms with Crippen LogP contribution in [0.2, 0.25) is 0 Å². The molecule has 0 bridgehead atoms. The zero-order valence-corrected chi connectivity index (χ0v) is 12.4. The fourth-order valence-corrected chi connectivity index (χ4v) is 2.52. The maximum atomic E-state index is 11.5. The zero-order chi connectivity index (χ0) is 15.1. The smallest absolute Gasteiger partial charge is 0.306 e. The molecule has 0 radical (unpaired) electrons. The number of benzene rings is 1. The average molecular weight is 284 g/mol. The third-order valence-electron chi connectivity index (χ3n) is 3.71. The van der Waals surface area contributed by atoms with Gasteiger partial charge in [-0.2, -0.15) is 4.57 Å². The molecule has 3 heteroatoms. The number of hydrogen-bond donors (Lipinski definition) is 1. The first-order valence-corrected chi connectivity index (χ1v) is 7.49. The Hall–Kier alpha value is -2.16. The van der Waals surface area contributed by atoms with E-state index in [0.717, 1.165) is 30.5 Å². The number of aliphatic carboxylic acids is 1. The van der Waals surface area contributed by atoms with Crippen molar-refractivity contribution >= 4 is 5.97 Å². The van der Waals surface area contributed by atoms with Gasteiger partial charge in [-0.15, -0.1) is 0 Å². The second-order valence-electron chi connectivity index (χ2n) is 5.29. The van der Waals surface area contributed by atoms with Gasteiger partial charge >= 0.3 is 5.97 Å². The molecule has 0 spiro atoms. The molecule has 2 rings (SSSR count). The van der Waals surface area contributed by atoms with Gasteiger partial charge in [0.05, 0.1) is 5.92 Å². The lowest BCUT2D eigenvalue weighted by atomic mass is 9.93. The van der Waals surface area contributed by atoms with Gasteiger partial charge in [0, 0.05) is 23.8 Å². The predicted molar refractivity (Wildman–Crippen MR) is 82.3 cm³/mol. The molecule has 0 aliphatic rings. The van der Waals surface area contributed by atoms with Crippen molar-refractivity contribution in [3.63, 3.8) is 0 Å². The number of unbranched alkanes of at least 4 members (excludes halogenated alkanes) is 1. The van der Waals surface area contributed by atoms with Crippen LogP contribution in [0.15, 0.2) is 54.9 Å². The number of para-hydroxylation sites is 1. The van der Waals surface area contributed by atoms with E-state index in [1.165, 1.54) is 0 Å². The lowest BCUT2D eigenvalue weighted by Crippen LogP contribution is -2.31. The number of aromatic nitrogens is 1. The molecule has 21 heavy (non-hydrogen) atoms. The number of carboxylic acid groups (broad SMARTS) is 1. The van der Waals surface area contributed by atoms with Gasteiger partial charge in [0.25, 0.3) is 0 Å². The Kier molecular flexibility index (Phi) is 5.50. The average Bonchev–Trinajstić information content (AvgIpc) is 2.52. The van der Waals surface area contributed by atoms with Crippen molar-refractivity contribution < 1.29 is 14.5 Å². The zero-order valence-electron chi connectivity index (χ0n) is 12.4. The molecule has 0 saturated heterocycles.